The van der Waals surface area contributed by atoms with Crippen LogP contribution in [0.1, 0.15) is 35.9 Å². The Hall–Kier alpha value is -2.41. The molecule has 1 saturated heterocycles. The highest BCUT2D eigenvalue weighted by molar-refractivity contribution is 5.94. The van der Waals surface area contributed by atoms with Gasteiger partial charge in [0.05, 0.1) is 12.1 Å². The number of likely N-dealkylation sites (N-methyl/N-ethyl adjacent to an activating group) is 2. The summed E-state index contributed by atoms with van der Waals surface area (Å²) in [6.07, 6.45) is 7.83. The fraction of sp³-hybridized carbons (Fsp3) is 0.550. The Labute approximate surface area is 161 Å². The molecule has 0 N–H and O–H groups in total. The summed E-state index contributed by atoms with van der Waals surface area (Å²) in [7, 11) is 6.19. The van der Waals surface area contributed by atoms with E-state index in [1.54, 1.807) is 17.3 Å². The second-order valence-corrected chi connectivity index (χ2v) is 7.34. The Kier molecular flexibility index (Phi) is 6.11. The summed E-state index contributed by atoms with van der Waals surface area (Å²) in [6, 6.07) is 4.39. The van der Waals surface area contributed by atoms with Crippen LogP contribution in [0.25, 0.3) is 0 Å². The molecule has 2 aromatic rings. The van der Waals surface area contributed by atoms with E-state index in [4.69, 9.17) is 0 Å². The maximum atomic E-state index is 12.8. The first kappa shape index (κ1) is 19.4. The summed E-state index contributed by atoms with van der Waals surface area (Å²) in [4.78, 5) is 28.1. The molecule has 1 amide bonds. The van der Waals surface area contributed by atoms with Crippen LogP contribution in [-0.2, 0) is 13.6 Å². The van der Waals surface area contributed by atoms with E-state index < -0.39 is 0 Å². The van der Waals surface area contributed by atoms with Crippen molar-refractivity contribution in [1.29, 1.82) is 0 Å². The predicted molar refractivity (Wildman–Crippen MR) is 107 cm³/mol. The number of likely N-dealkylation sites (tertiary alicyclic amines) is 1. The number of nitrogens with zero attached hydrogens (tertiary/aromatic N) is 6. The van der Waals surface area contributed by atoms with Gasteiger partial charge < -0.3 is 19.3 Å². The predicted octanol–water partition coefficient (Wildman–Crippen LogP) is 2.01. The number of hydrogen-bond acceptors (Lipinski definition) is 5. The monoisotopic (exact) mass is 370 g/mol. The molecule has 3 rings (SSSR count). The molecule has 0 bridgehead atoms. The maximum absolute atomic E-state index is 12.8. The average Bonchev–Trinajstić information content (AvgIpc) is 3.27. The lowest BCUT2D eigenvalue weighted by Gasteiger charge is -2.26. The van der Waals surface area contributed by atoms with E-state index in [2.05, 4.69) is 33.9 Å². The zero-order chi connectivity index (χ0) is 19.4. The SMILES string of the molecule is CCN(Cc1nccn1C)C(=O)c1ccc(N(C)CC2CCCN2C)nc1. The molecule has 7 nitrogen and oxygen atoms in total. The van der Waals surface area contributed by atoms with Crippen LogP contribution in [0, 0.1) is 0 Å². The molecule has 1 atom stereocenters. The van der Waals surface area contributed by atoms with Crippen LogP contribution >= 0.6 is 0 Å². The number of anilines is 1. The van der Waals surface area contributed by atoms with Crippen molar-refractivity contribution in [1.82, 2.24) is 24.3 Å². The van der Waals surface area contributed by atoms with Crippen molar-refractivity contribution in [2.45, 2.75) is 32.4 Å². The lowest BCUT2D eigenvalue weighted by molar-refractivity contribution is 0.0747. The summed E-state index contributed by atoms with van der Waals surface area (Å²) in [6.45, 7) is 5.23. The van der Waals surface area contributed by atoms with Crippen LogP contribution in [0.3, 0.4) is 0 Å². The topological polar surface area (TPSA) is 57.5 Å². The van der Waals surface area contributed by atoms with E-state index in [1.807, 2.05) is 36.9 Å². The highest BCUT2D eigenvalue weighted by Gasteiger charge is 2.23. The molecule has 3 heterocycles. The lowest BCUT2D eigenvalue weighted by Crippen LogP contribution is -2.37. The molecule has 0 saturated carbocycles. The molecule has 1 fully saturated rings. The molecule has 27 heavy (non-hydrogen) atoms. The van der Waals surface area contributed by atoms with Gasteiger partial charge in [-0.05, 0) is 45.5 Å². The number of aromatic nitrogens is 3. The van der Waals surface area contributed by atoms with Crippen molar-refractivity contribution < 1.29 is 4.79 Å². The van der Waals surface area contributed by atoms with E-state index in [0.717, 1.165) is 18.2 Å². The van der Waals surface area contributed by atoms with E-state index in [9.17, 15) is 4.79 Å². The van der Waals surface area contributed by atoms with E-state index in [1.165, 1.54) is 19.4 Å². The van der Waals surface area contributed by atoms with Gasteiger partial charge in [-0.1, -0.05) is 0 Å². The Morgan fingerprint density at radius 2 is 2.11 bits per heavy atom. The van der Waals surface area contributed by atoms with Gasteiger partial charge in [-0.2, -0.15) is 0 Å². The molecule has 0 aliphatic carbocycles. The summed E-state index contributed by atoms with van der Waals surface area (Å²) in [5.74, 6) is 1.76. The third-order valence-corrected chi connectivity index (χ3v) is 5.46. The number of carbonyl (C=O) groups excluding carboxylic acids is 1. The standard InChI is InChI=1S/C20H30N6O/c1-5-26(15-19-21-10-12-24(19)3)20(27)16-8-9-18(22-13-16)25(4)14-17-7-6-11-23(17)2/h8-10,12-13,17H,5-7,11,14-15H2,1-4H3. The van der Waals surface area contributed by atoms with Crippen molar-refractivity contribution in [3.63, 3.8) is 0 Å². The molecule has 0 spiro atoms. The van der Waals surface area contributed by atoms with Crippen molar-refractivity contribution in [2.75, 3.05) is 38.6 Å². The van der Waals surface area contributed by atoms with E-state index >= 15 is 0 Å². The molecule has 7 heteroatoms. The molecule has 146 valence electrons. The number of hydrogen-bond donors (Lipinski definition) is 0. The Bertz CT molecular complexity index is 756. The van der Waals surface area contributed by atoms with Crippen LogP contribution in [0.15, 0.2) is 30.7 Å². The van der Waals surface area contributed by atoms with Gasteiger partial charge in [0.2, 0.25) is 0 Å². The van der Waals surface area contributed by atoms with Gasteiger partial charge >= 0.3 is 0 Å². The van der Waals surface area contributed by atoms with Crippen LogP contribution in [0.2, 0.25) is 0 Å². The third-order valence-electron chi connectivity index (χ3n) is 5.46. The molecule has 2 aromatic heterocycles. The third kappa shape index (κ3) is 4.47. The van der Waals surface area contributed by atoms with E-state index in [-0.39, 0.29) is 5.91 Å². The van der Waals surface area contributed by atoms with Crippen LogP contribution < -0.4 is 4.90 Å². The summed E-state index contributed by atoms with van der Waals surface area (Å²) in [5, 5.41) is 0. The molecule has 1 aliphatic rings. The Morgan fingerprint density at radius 3 is 2.67 bits per heavy atom. The van der Waals surface area contributed by atoms with Crippen molar-refractivity contribution in [2.24, 2.45) is 7.05 Å². The largest absolute Gasteiger partial charge is 0.358 e. The minimum Gasteiger partial charge on any atom is -0.358 e. The van der Waals surface area contributed by atoms with Crippen molar-refractivity contribution in [3.05, 3.63) is 42.1 Å². The molecule has 1 unspecified atom stereocenters. The number of aryl methyl sites for hydroxylation is 1. The normalized spacial score (nSPS) is 17.3. The molecular weight excluding hydrogens is 340 g/mol. The second kappa shape index (κ2) is 8.52. The Balaban J connectivity index is 1.64. The van der Waals surface area contributed by atoms with Crippen LogP contribution in [0.4, 0.5) is 5.82 Å². The summed E-state index contributed by atoms with van der Waals surface area (Å²) >= 11 is 0. The number of pyridine rings is 1. The van der Waals surface area contributed by atoms with E-state index in [0.29, 0.717) is 24.7 Å². The van der Waals surface area contributed by atoms with Gasteiger partial charge in [-0.25, -0.2) is 9.97 Å². The molecule has 0 aromatic carbocycles. The zero-order valence-electron chi connectivity index (χ0n) is 16.8. The lowest BCUT2D eigenvalue weighted by atomic mass is 10.2. The number of carbonyl (C=O) groups is 1. The molecular formula is C20H30N6O. The fourth-order valence-electron chi connectivity index (χ4n) is 3.59. The van der Waals surface area contributed by atoms with Gasteiger partial charge in [0.1, 0.15) is 11.6 Å². The van der Waals surface area contributed by atoms with Crippen LogP contribution in [0.5, 0.6) is 0 Å². The first-order valence-electron chi connectivity index (χ1n) is 9.62. The average molecular weight is 371 g/mol. The van der Waals surface area contributed by atoms with Gasteiger partial charge in [-0.15, -0.1) is 0 Å². The minimum atomic E-state index is -0.0160. The quantitative estimate of drug-likeness (QED) is 0.746. The first-order valence-corrected chi connectivity index (χ1v) is 9.62. The summed E-state index contributed by atoms with van der Waals surface area (Å²) in [5.41, 5.74) is 0.612. The minimum absolute atomic E-state index is 0.0160. The maximum Gasteiger partial charge on any atom is 0.255 e. The number of amides is 1. The second-order valence-electron chi connectivity index (χ2n) is 7.34. The Morgan fingerprint density at radius 1 is 1.30 bits per heavy atom. The van der Waals surface area contributed by atoms with Gasteiger partial charge in [0.15, 0.2) is 0 Å². The fourth-order valence-corrected chi connectivity index (χ4v) is 3.59. The highest BCUT2D eigenvalue weighted by Crippen LogP contribution is 2.19. The van der Waals surface area contributed by atoms with Crippen LogP contribution in [-0.4, -0.2) is 70.0 Å². The number of rotatable bonds is 7. The first-order chi connectivity index (χ1) is 13.0. The highest BCUT2D eigenvalue weighted by atomic mass is 16.2. The van der Waals surface area contributed by atoms with Gasteiger partial charge in [0.25, 0.3) is 5.91 Å². The van der Waals surface area contributed by atoms with Crippen molar-refractivity contribution >= 4 is 11.7 Å². The van der Waals surface area contributed by atoms with Crippen molar-refractivity contribution in [3.8, 4) is 0 Å². The molecule has 1 aliphatic heterocycles. The number of imidazole rings is 1. The van der Waals surface area contributed by atoms with Gasteiger partial charge in [-0.3, -0.25) is 4.79 Å². The zero-order valence-corrected chi connectivity index (χ0v) is 16.8. The smallest absolute Gasteiger partial charge is 0.255 e. The van der Waals surface area contributed by atoms with Gasteiger partial charge in [0, 0.05) is 51.8 Å². The summed E-state index contributed by atoms with van der Waals surface area (Å²) < 4.78 is 1.94. The molecule has 0 radical (unpaired) electrons.